The standard InChI is InChI=1S/C54H39NS/c1-53(2)45-24-9-4-17-37(45)41-20-13-21-42(51(41)53)39-18-6-11-26-48(39)55(49-27-14-22-43-40-19-7-12-28-50(40)56-52(43)49)35-29-30-38-36-16-5-10-25-46(36)54(47(38)33-35)32-31-34-15-3-8-23-44(34)54/h3-30,33H,31-32H2,1-2H3. The van der Waals surface area contributed by atoms with E-state index in [1.807, 2.05) is 11.3 Å². The van der Waals surface area contributed by atoms with Crippen LogP contribution in [0.4, 0.5) is 17.1 Å². The van der Waals surface area contributed by atoms with Crippen molar-refractivity contribution in [3.05, 3.63) is 209 Å². The van der Waals surface area contributed by atoms with Gasteiger partial charge in [-0.05, 0) is 104 Å². The summed E-state index contributed by atoms with van der Waals surface area (Å²) in [6.45, 7) is 4.80. The Hall–Kier alpha value is -6.22. The van der Waals surface area contributed by atoms with Gasteiger partial charge in [-0.2, -0.15) is 0 Å². The number of hydrogen-bond acceptors (Lipinski definition) is 2. The molecule has 0 aliphatic heterocycles. The fraction of sp³-hybridized carbons (Fsp3) is 0.111. The van der Waals surface area contributed by atoms with Crippen LogP contribution in [0.1, 0.15) is 53.6 Å². The van der Waals surface area contributed by atoms with Gasteiger partial charge in [-0.1, -0.05) is 159 Å². The molecule has 0 saturated heterocycles. The van der Waals surface area contributed by atoms with Crippen molar-refractivity contribution >= 4 is 48.6 Å². The Morgan fingerprint density at radius 1 is 0.464 bits per heavy atom. The zero-order valence-electron chi connectivity index (χ0n) is 31.5. The molecule has 56 heavy (non-hydrogen) atoms. The fourth-order valence-corrected chi connectivity index (χ4v) is 12.2. The zero-order chi connectivity index (χ0) is 37.2. The van der Waals surface area contributed by atoms with Crippen LogP contribution < -0.4 is 4.90 Å². The van der Waals surface area contributed by atoms with E-state index in [4.69, 9.17) is 0 Å². The molecular weight excluding hydrogens is 695 g/mol. The third-order valence-electron chi connectivity index (χ3n) is 13.3. The van der Waals surface area contributed by atoms with Crippen molar-refractivity contribution in [2.75, 3.05) is 4.90 Å². The molecule has 266 valence electrons. The van der Waals surface area contributed by atoms with Gasteiger partial charge in [-0.25, -0.2) is 0 Å². The maximum atomic E-state index is 2.58. The molecule has 9 aromatic rings. The zero-order valence-corrected chi connectivity index (χ0v) is 32.3. The van der Waals surface area contributed by atoms with Crippen LogP contribution in [0.5, 0.6) is 0 Å². The lowest BCUT2D eigenvalue weighted by atomic mass is 9.73. The topological polar surface area (TPSA) is 3.24 Å². The maximum absolute atomic E-state index is 2.58. The van der Waals surface area contributed by atoms with Crippen LogP contribution in [0.15, 0.2) is 176 Å². The highest BCUT2D eigenvalue weighted by atomic mass is 32.1. The molecular formula is C54H39NS. The Balaban J connectivity index is 1.15. The second-order valence-corrected chi connectivity index (χ2v) is 17.4. The number of rotatable bonds is 4. The van der Waals surface area contributed by atoms with Crippen molar-refractivity contribution in [1.29, 1.82) is 0 Å². The summed E-state index contributed by atoms with van der Waals surface area (Å²) in [5, 5.41) is 2.62. The predicted molar refractivity (Wildman–Crippen MR) is 237 cm³/mol. The number of aryl methyl sites for hydroxylation is 1. The average Bonchev–Trinajstić information content (AvgIpc) is 3.97. The average molecular weight is 734 g/mol. The van der Waals surface area contributed by atoms with Crippen LogP contribution in [0.25, 0.3) is 53.6 Å². The van der Waals surface area contributed by atoms with Crippen molar-refractivity contribution < 1.29 is 0 Å². The quantitative estimate of drug-likeness (QED) is 0.174. The van der Waals surface area contributed by atoms with Crippen molar-refractivity contribution in [1.82, 2.24) is 0 Å². The van der Waals surface area contributed by atoms with E-state index in [1.165, 1.54) is 104 Å². The van der Waals surface area contributed by atoms with E-state index in [0.29, 0.717) is 0 Å². The van der Waals surface area contributed by atoms with Crippen molar-refractivity contribution in [3.63, 3.8) is 0 Å². The molecule has 8 aromatic carbocycles. The minimum atomic E-state index is -0.177. The molecule has 1 unspecified atom stereocenters. The monoisotopic (exact) mass is 733 g/mol. The smallest absolute Gasteiger partial charge is 0.0640 e. The highest BCUT2D eigenvalue weighted by Gasteiger charge is 2.48. The first kappa shape index (κ1) is 32.1. The highest BCUT2D eigenvalue weighted by molar-refractivity contribution is 7.26. The summed E-state index contributed by atoms with van der Waals surface area (Å²) in [7, 11) is 0. The van der Waals surface area contributed by atoms with Gasteiger partial charge in [0.1, 0.15) is 0 Å². The van der Waals surface area contributed by atoms with Gasteiger partial charge in [0.05, 0.1) is 16.1 Å². The van der Waals surface area contributed by atoms with Crippen molar-refractivity contribution in [2.45, 2.75) is 37.5 Å². The van der Waals surface area contributed by atoms with Gasteiger partial charge >= 0.3 is 0 Å². The van der Waals surface area contributed by atoms with E-state index in [2.05, 4.69) is 195 Å². The molecule has 0 bridgehead atoms. The molecule has 1 nitrogen and oxygen atoms in total. The molecule has 1 atom stereocenters. The molecule has 12 rings (SSSR count). The minimum Gasteiger partial charge on any atom is -0.308 e. The lowest BCUT2D eigenvalue weighted by Gasteiger charge is -2.32. The Morgan fingerprint density at radius 3 is 1.91 bits per heavy atom. The molecule has 0 amide bonds. The highest BCUT2D eigenvalue weighted by Crippen LogP contribution is 2.60. The van der Waals surface area contributed by atoms with Crippen LogP contribution in [0.2, 0.25) is 0 Å². The first-order chi connectivity index (χ1) is 27.5. The van der Waals surface area contributed by atoms with Gasteiger partial charge < -0.3 is 4.90 Å². The van der Waals surface area contributed by atoms with Crippen molar-refractivity contribution in [3.8, 4) is 33.4 Å². The molecule has 1 spiro atoms. The molecule has 3 aliphatic carbocycles. The fourth-order valence-electron chi connectivity index (χ4n) is 11.0. The summed E-state index contributed by atoms with van der Waals surface area (Å²) >= 11 is 1.90. The lowest BCUT2D eigenvalue weighted by Crippen LogP contribution is -2.24. The molecule has 3 aliphatic rings. The van der Waals surface area contributed by atoms with E-state index in [1.54, 1.807) is 0 Å². The molecule has 1 heterocycles. The van der Waals surface area contributed by atoms with Crippen LogP contribution in [0.3, 0.4) is 0 Å². The Bertz CT molecular complexity index is 3090. The summed E-state index contributed by atoms with van der Waals surface area (Å²) in [5.41, 5.74) is 19.8. The van der Waals surface area contributed by atoms with Gasteiger partial charge in [-0.15, -0.1) is 11.3 Å². The van der Waals surface area contributed by atoms with Gasteiger partial charge in [0.2, 0.25) is 0 Å². The summed E-state index contributed by atoms with van der Waals surface area (Å²) in [5.74, 6) is 0. The number of thiophene rings is 1. The summed E-state index contributed by atoms with van der Waals surface area (Å²) in [6, 6.07) is 66.5. The molecule has 0 N–H and O–H groups in total. The van der Waals surface area contributed by atoms with E-state index < -0.39 is 0 Å². The minimum absolute atomic E-state index is 0.145. The van der Waals surface area contributed by atoms with Crippen LogP contribution in [-0.4, -0.2) is 0 Å². The number of anilines is 3. The van der Waals surface area contributed by atoms with Gasteiger partial charge in [0, 0.05) is 37.6 Å². The molecule has 0 radical (unpaired) electrons. The summed E-state index contributed by atoms with van der Waals surface area (Å²) < 4.78 is 2.62. The van der Waals surface area contributed by atoms with E-state index in [9.17, 15) is 0 Å². The second-order valence-electron chi connectivity index (χ2n) is 16.3. The van der Waals surface area contributed by atoms with E-state index >= 15 is 0 Å². The van der Waals surface area contributed by atoms with E-state index in [0.717, 1.165) is 12.8 Å². The third-order valence-corrected chi connectivity index (χ3v) is 14.5. The lowest BCUT2D eigenvalue weighted by molar-refractivity contribution is 0.626. The number of fused-ring (bicyclic) bond motifs is 13. The van der Waals surface area contributed by atoms with Crippen LogP contribution in [0, 0.1) is 0 Å². The largest absolute Gasteiger partial charge is 0.308 e. The Kier molecular flexibility index (Phi) is 6.67. The Morgan fingerprint density at radius 2 is 1.05 bits per heavy atom. The first-order valence-corrected chi connectivity index (χ1v) is 20.7. The summed E-state index contributed by atoms with van der Waals surface area (Å²) in [4.78, 5) is 2.58. The van der Waals surface area contributed by atoms with Gasteiger partial charge in [0.25, 0.3) is 0 Å². The maximum Gasteiger partial charge on any atom is 0.0640 e. The molecule has 0 saturated carbocycles. The normalized spacial score (nSPS) is 16.8. The third kappa shape index (κ3) is 4.20. The molecule has 0 fully saturated rings. The van der Waals surface area contributed by atoms with Gasteiger partial charge in [0.15, 0.2) is 0 Å². The van der Waals surface area contributed by atoms with Gasteiger partial charge in [-0.3, -0.25) is 0 Å². The molecule has 2 heteroatoms. The van der Waals surface area contributed by atoms with Crippen LogP contribution >= 0.6 is 11.3 Å². The number of benzene rings is 8. The molecule has 1 aromatic heterocycles. The van der Waals surface area contributed by atoms with E-state index in [-0.39, 0.29) is 10.8 Å². The number of nitrogens with zero attached hydrogens (tertiary/aromatic N) is 1. The second kappa shape index (κ2) is 11.6. The van der Waals surface area contributed by atoms with Crippen molar-refractivity contribution in [2.24, 2.45) is 0 Å². The first-order valence-electron chi connectivity index (χ1n) is 19.9. The summed E-state index contributed by atoms with van der Waals surface area (Å²) in [6.07, 6.45) is 2.16. The SMILES string of the molecule is CC1(C)c2ccccc2-c2cccc(-c3ccccc3N(c3ccc4c(c3)C3(CCc5ccccc53)c3ccccc3-4)c3cccc4c3sc3ccccc34)c21. The Labute approximate surface area is 332 Å². The number of hydrogen-bond donors (Lipinski definition) is 0. The number of para-hydroxylation sites is 1. The van der Waals surface area contributed by atoms with Crippen LogP contribution in [-0.2, 0) is 17.3 Å². The predicted octanol–water partition coefficient (Wildman–Crippen LogP) is 14.8.